The molecule has 2 aliphatic heterocycles. The van der Waals surface area contributed by atoms with Crippen molar-refractivity contribution in [2.45, 2.75) is 57.7 Å². The third-order valence-corrected chi connectivity index (χ3v) is 6.06. The van der Waals surface area contributed by atoms with Crippen molar-refractivity contribution >= 4 is 6.03 Å². The number of carbonyl (C=O) groups excluding carboxylic acids is 1. The van der Waals surface area contributed by atoms with E-state index in [9.17, 15) is 4.79 Å². The normalized spacial score (nSPS) is 27.5. The summed E-state index contributed by atoms with van der Waals surface area (Å²) in [5, 5.41) is 7.50. The average Bonchev–Trinajstić information content (AvgIpc) is 3.33. The minimum absolute atomic E-state index is 0.00319. The highest BCUT2D eigenvalue weighted by atomic mass is 16.5. The molecule has 0 saturated carbocycles. The van der Waals surface area contributed by atoms with Gasteiger partial charge in [-0.3, -0.25) is 9.58 Å². The fraction of sp³-hybridized carbons (Fsp3) is 0.800. The summed E-state index contributed by atoms with van der Waals surface area (Å²) < 4.78 is 7.57. The standard InChI is InChI=1S/C20H35N5O2/c1-5-25-10-6-8-16(19(25)17-12-21-24(4)14-17)13-23(3)20(26)22-15(2)18-9-7-11-27-18/h12,14-16,18-19H,5-11,13H2,1-4H3,(H,22,26)/t15-,16-,18-,19+/m0/s1. The van der Waals surface area contributed by atoms with Gasteiger partial charge in [-0.05, 0) is 51.6 Å². The Kier molecular flexibility index (Phi) is 6.76. The Bertz CT molecular complexity index is 613. The topological polar surface area (TPSA) is 62.6 Å². The van der Waals surface area contributed by atoms with E-state index in [4.69, 9.17) is 4.74 Å². The molecular formula is C20H35N5O2. The Hall–Kier alpha value is -1.60. The molecule has 0 spiro atoms. The Morgan fingerprint density at radius 1 is 1.44 bits per heavy atom. The average molecular weight is 378 g/mol. The molecular weight excluding hydrogens is 342 g/mol. The number of hydrogen-bond donors (Lipinski definition) is 1. The molecule has 1 aromatic heterocycles. The van der Waals surface area contributed by atoms with Crippen molar-refractivity contribution in [2.24, 2.45) is 13.0 Å². The molecule has 2 saturated heterocycles. The van der Waals surface area contributed by atoms with E-state index >= 15 is 0 Å². The highest BCUT2D eigenvalue weighted by molar-refractivity contribution is 5.74. The van der Waals surface area contributed by atoms with Crippen molar-refractivity contribution in [3.63, 3.8) is 0 Å². The first-order valence-electron chi connectivity index (χ1n) is 10.4. The van der Waals surface area contributed by atoms with Gasteiger partial charge in [0.05, 0.1) is 18.3 Å². The first-order valence-corrected chi connectivity index (χ1v) is 10.4. The summed E-state index contributed by atoms with van der Waals surface area (Å²) >= 11 is 0. The molecule has 27 heavy (non-hydrogen) atoms. The van der Waals surface area contributed by atoms with Crippen molar-refractivity contribution < 1.29 is 9.53 Å². The molecule has 2 amide bonds. The largest absolute Gasteiger partial charge is 0.376 e. The molecule has 0 unspecified atom stereocenters. The fourth-order valence-corrected chi connectivity index (χ4v) is 4.60. The van der Waals surface area contributed by atoms with Crippen LogP contribution in [0.25, 0.3) is 0 Å². The minimum atomic E-state index is -0.00319. The maximum Gasteiger partial charge on any atom is 0.317 e. The van der Waals surface area contributed by atoms with Crippen LogP contribution in [0.2, 0.25) is 0 Å². The van der Waals surface area contributed by atoms with Gasteiger partial charge in [-0.25, -0.2) is 4.79 Å². The zero-order valence-electron chi connectivity index (χ0n) is 17.2. The molecule has 0 radical (unpaired) electrons. The SMILES string of the molecule is CCN1CCC[C@@H](CN(C)C(=O)N[C@@H](C)[C@@H]2CCCO2)[C@@H]1c1cnn(C)c1. The van der Waals surface area contributed by atoms with Gasteiger partial charge >= 0.3 is 6.03 Å². The van der Waals surface area contributed by atoms with E-state index in [-0.39, 0.29) is 18.2 Å². The first-order chi connectivity index (χ1) is 13.0. The van der Waals surface area contributed by atoms with Crippen LogP contribution < -0.4 is 5.32 Å². The Labute approximate surface area is 163 Å². The predicted molar refractivity (Wildman–Crippen MR) is 106 cm³/mol. The van der Waals surface area contributed by atoms with E-state index in [0.29, 0.717) is 12.0 Å². The Morgan fingerprint density at radius 2 is 2.26 bits per heavy atom. The highest BCUT2D eigenvalue weighted by Gasteiger charge is 2.34. The van der Waals surface area contributed by atoms with Gasteiger partial charge in [-0.2, -0.15) is 5.10 Å². The number of piperidine rings is 1. The molecule has 7 heteroatoms. The lowest BCUT2D eigenvalue weighted by molar-refractivity contribution is 0.0735. The lowest BCUT2D eigenvalue weighted by Crippen LogP contribution is -2.49. The summed E-state index contributed by atoms with van der Waals surface area (Å²) in [6.07, 6.45) is 8.67. The summed E-state index contributed by atoms with van der Waals surface area (Å²) in [5.41, 5.74) is 1.26. The van der Waals surface area contributed by atoms with Crippen molar-refractivity contribution in [3.05, 3.63) is 18.0 Å². The van der Waals surface area contributed by atoms with Gasteiger partial charge in [0.15, 0.2) is 0 Å². The number of aromatic nitrogens is 2. The zero-order chi connectivity index (χ0) is 19.4. The summed E-state index contributed by atoms with van der Waals surface area (Å²) in [7, 11) is 3.87. The number of rotatable bonds is 6. The van der Waals surface area contributed by atoms with Gasteiger partial charge in [0.1, 0.15) is 0 Å². The van der Waals surface area contributed by atoms with Gasteiger partial charge in [0.25, 0.3) is 0 Å². The molecule has 2 fully saturated rings. The molecule has 0 aliphatic carbocycles. The van der Waals surface area contributed by atoms with Gasteiger partial charge in [-0.15, -0.1) is 0 Å². The molecule has 0 bridgehead atoms. The van der Waals surface area contributed by atoms with Gasteiger partial charge in [0.2, 0.25) is 0 Å². The van der Waals surface area contributed by atoms with Crippen LogP contribution >= 0.6 is 0 Å². The van der Waals surface area contributed by atoms with Crippen LogP contribution in [-0.4, -0.2) is 71.0 Å². The second kappa shape index (κ2) is 9.06. The third-order valence-electron chi connectivity index (χ3n) is 6.06. The Balaban J connectivity index is 1.63. The molecule has 2 aliphatic rings. The van der Waals surface area contributed by atoms with Crippen molar-refractivity contribution in [3.8, 4) is 0 Å². The maximum absolute atomic E-state index is 12.7. The molecule has 7 nitrogen and oxygen atoms in total. The quantitative estimate of drug-likeness (QED) is 0.827. The summed E-state index contributed by atoms with van der Waals surface area (Å²) in [5.74, 6) is 0.414. The maximum atomic E-state index is 12.7. The number of ether oxygens (including phenoxy) is 1. The van der Waals surface area contributed by atoms with E-state index < -0.39 is 0 Å². The van der Waals surface area contributed by atoms with Crippen molar-refractivity contribution in [2.75, 3.05) is 33.3 Å². The molecule has 3 rings (SSSR count). The van der Waals surface area contributed by atoms with Gasteiger partial charge < -0.3 is 15.0 Å². The van der Waals surface area contributed by atoms with E-state index in [1.807, 2.05) is 36.8 Å². The Morgan fingerprint density at radius 3 is 2.89 bits per heavy atom. The monoisotopic (exact) mass is 377 g/mol. The van der Waals surface area contributed by atoms with Crippen LogP contribution in [0.4, 0.5) is 4.79 Å². The number of likely N-dealkylation sites (tertiary alicyclic amines) is 1. The van der Waals surface area contributed by atoms with Gasteiger partial charge in [-0.1, -0.05) is 6.92 Å². The second-order valence-corrected chi connectivity index (χ2v) is 8.09. The summed E-state index contributed by atoms with van der Waals surface area (Å²) in [4.78, 5) is 17.1. The molecule has 3 heterocycles. The lowest BCUT2D eigenvalue weighted by atomic mass is 9.85. The summed E-state index contributed by atoms with van der Waals surface area (Å²) in [6.45, 7) is 7.94. The summed E-state index contributed by atoms with van der Waals surface area (Å²) in [6, 6.07) is 0.370. The van der Waals surface area contributed by atoms with Gasteiger partial charge in [0, 0.05) is 45.0 Å². The molecule has 152 valence electrons. The number of nitrogens with zero attached hydrogens (tertiary/aromatic N) is 4. The number of aryl methyl sites for hydroxylation is 1. The lowest BCUT2D eigenvalue weighted by Gasteiger charge is -2.42. The van der Waals surface area contributed by atoms with Crippen LogP contribution in [0.5, 0.6) is 0 Å². The zero-order valence-corrected chi connectivity index (χ0v) is 17.2. The molecule has 1 N–H and O–H groups in total. The number of carbonyl (C=O) groups is 1. The number of urea groups is 1. The molecule has 1 aromatic rings. The smallest absolute Gasteiger partial charge is 0.317 e. The fourth-order valence-electron chi connectivity index (χ4n) is 4.60. The third kappa shape index (κ3) is 4.82. The van der Waals surface area contributed by atoms with Crippen LogP contribution in [0.15, 0.2) is 12.4 Å². The minimum Gasteiger partial charge on any atom is -0.376 e. The molecule has 0 aromatic carbocycles. The number of nitrogens with one attached hydrogen (secondary N) is 1. The van der Waals surface area contributed by atoms with E-state index in [1.54, 1.807) is 0 Å². The first kappa shape index (κ1) is 20.1. The molecule has 4 atom stereocenters. The number of hydrogen-bond acceptors (Lipinski definition) is 4. The van der Waals surface area contributed by atoms with Crippen molar-refractivity contribution in [1.82, 2.24) is 24.9 Å². The van der Waals surface area contributed by atoms with Crippen LogP contribution in [0.3, 0.4) is 0 Å². The van der Waals surface area contributed by atoms with Crippen molar-refractivity contribution in [1.29, 1.82) is 0 Å². The predicted octanol–water partition coefficient (Wildman–Crippen LogP) is 2.40. The van der Waals surface area contributed by atoms with Crippen LogP contribution in [0, 0.1) is 5.92 Å². The van der Waals surface area contributed by atoms with Crippen LogP contribution in [-0.2, 0) is 11.8 Å². The van der Waals surface area contributed by atoms with E-state index in [1.165, 1.54) is 12.0 Å². The van der Waals surface area contributed by atoms with Crippen LogP contribution in [0.1, 0.15) is 51.1 Å². The number of amides is 2. The highest BCUT2D eigenvalue weighted by Crippen LogP contribution is 2.36. The van der Waals surface area contributed by atoms with E-state index in [0.717, 1.165) is 45.5 Å². The van der Waals surface area contributed by atoms with E-state index in [2.05, 4.69) is 28.4 Å². The second-order valence-electron chi connectivity index (χ2n) is 8.09.